The number of halogens is 3. The van der Waals surface area contributed by atoms with Gasteiger partial charge >= 0.3 is 0 Å². The Labute approximate surface area is 113 Å². The van der Waals surface area contributed by atoms with E-state index in [0.717, 1.165) is 22.9 Å². The molecule has 2 atom stereocenters. The van der Waals surface area contributed by atoms with Crippen molar-refractivity contribution in [1.82, 2.24) is 0 Å². The normalized spacial score (nSPS) is 26.4. The predicted octanol–water partition coefficient (Wildman–Crippen LogP) is 5.40. The summed E-state index contributed by atoms with van der Waals surface area (Å²) in [5.41, 5.74) is 0.859. The van der Waals surface area contributed by atoms with Gasteiger partial charge in [-0.3, -0.25) is 0 Å². The Morgan fingerprint density at radius 3 is 2.69 bits per heavy atom. The summed E-state index contributed by atoms with van der Waals surface area (Å²) >= 11 is 7.14. The molecule has 0 amide bonds. The van der Waals surface area contributed by atoms with Crippen molar-refractivity contribution in [1.29, 1.82) is 0 Å². The van der Waals surface area contributed by atoms with Crippen molar-refractivity contribution in [2.75, 3.05) is 0 Å². The lowest BCUT2D eigenvalue weighted by Crippen LogP contribution is -2.12. The second kappa shape index (κ2) is 5.63. The first kappa shape index (κ1) is 12.6. The fourth-order valence-corrected chi connectivity index (χ4v) is 3.66. The molecule has 0 heterocycles. The number of alkyl halides is 1. The van der Waals surface area contributed by atoms with Gasteiger partial charge in [-0.2, -0.15) is 0 Å². The summed E-state index contributed by atoms with van der Waals surface area (Å²) in [5, 5.41) is 0. The molecule has 1 aromatic carbocycles. The Morgan fingerprint density at radius 2 is 1.88 bits per heavy atom. The van der Waals surface area contributed by atoms with Gasteiger partial charge in [-0.25, -0.2) is 4.39 Å². The molecule has 0 aromatic heterocycles. The van der Waals surface area contributed by atoms with Crippen LogP contribution in [0.25, 0.3) is 0 Å². The Balaban J connectivity index is 2.29. The molecule has 3 heteroatoms. The van der Waals surface area contributed by atoms with E-state index < -0.39 is 0 Å². The molecule has 1 aromatic rings. The van der Waals surface area contributed by atoms with Crippen LogP contribution in [0.4, 0.5) is 4.39 Å². The lowest BCUT2D eigenvalue weighted by atomic mass is 9.91. The second-order valence-electron chi connectivity index (χ2n) is 4.43. The average molecular weight is 350 g/mol. The van der Waals surface area contributed by atoms with Gasteiger partial charge in [-0.1, -0.05) is 51.1 Å². The van der Waals surface area contributed by atoms with Crippen LogP contribution in [-0.4, -0.2) is 4.83 Å². The standard InChI is InChI=1S/C13H15Br2F/c14-9-6-7-13(16)11(8-9)10-4-2-1-3-5-12(10)15/h6-8,10,12H,1-5H2. The minimum atomic E-state index is -0.0699. The highest BCUT2D eigenvalue weighted by Gasteiger charge is 2.25. The van der Waals surface area contributed by atoms with Gasteiger partial charge < -0.3 is 0 Å². The van der Waals surface area contributed by atoms with E-state index in [0.29, 0.717) is 10.7 Å². The molecule has 0 N–H and O–H groups in total. The van der Waals surface area contributed by atoms with Gasteiger partial charge in [0.25, 0.3) is 0 Å². The van der Waals surface area contributed by atoms with Crippen LogP contribution in [0.1, 0.15) is 43.6 Å². The fraction of sp³-hybridized carbons (Fsp3) is 0.538. The zero-order chi connectivity index (χ0) is 11.5. The second-order valence-corrected chi connectivity index (χ2v) is 6.52. The fourth-order valence-electron chi connectivity index (χ4n) is 2.41. The summed E-state index contributed by atoms with van der Waals surface area (Å²) in [6.45, 7) is 0. The Kier molecular flexibility index (Phi) is 4.42. The van der Waals surface area contributed by atoms with Crippen LogP contribution in [0.3, 0.4) is 0 Å². The number of hydrogen-bond acceptors (Lipinski definition) is 0. The van der Waals surface area contributed by atoms with Gasteiger partial charge in [0.05, 0.1) is 0 Å². The first-order valence-corrected chi connectivity index (χ1v) is 7.48. The van der Waals surface area contributed by atoms with Crippen molar-refractivity contribution in [2.24, 2.45) is 0 Å². The summed E-state index contributed by atoms with van der Waals surface area (Å²) in [4.78, 5) is 0.416. The molecule has 0 spiro atoms. The molecule has 0 aliphatic heterocycles. The van der Waals surface area contributed by atoms with E-state index in [1.54, 1.807) is 12.1 Å². The van der Waals surface area contributed by atoms with E-state index in [1.807, 2.05) is 6.07 Å². The maximum Gasteiger partial charge on any atom is 0.126 e. The van der Waals surface area contributed by atoms with Gasteiger partial charge in [0.2, 0.25) is 0 Å². The van der Waals surface area contributed by atoms with Crippen molar-refractivity contribution < 1.29 is 4.39 Å². The van der Waals surface area contributed by atoms with Crippen LogP contribution in [0.15, 0.2) is 22.7 Å². The molecule has 2 rings (SSSR count). The topological polar surface area (TPSA) is 0 Å². The molecular weight excluding hydrogens is 335 g/mol. The highest BCUT2D eigenvalue weighted by Crippen LogP contribution is 2.38. The van der Waals surface area contributed by atoms with Crippen molar-refractivity contribution >= 4 is 31.9 Å². The molecule has 0 nitrogen and oxygen atoms in total. The predicted molar refractivity (Wildman–Crippen MR) is 72.6 cm³/mol. The van der Waals surface area contributed by atoms with Crippen LogP contribution < -0.4 is 0 Å². The van der Waals surface area contributed by atoms with Gasteiger partial charge in [0.1, 0.15) is 5.82 Å². The van der Waals surface area contributed by atoms with E-state index in [-0.39, 0.29) is 5.82 Å². The molecule has 0 saturated heterocycles. The highest BCUT2D eigenvalue weighted by molar-refractivity contribution is 9.10. The Hall–Kier alpha value is 0.110. The van der Waals surface area contributed by atoms with Gasteiger partial charge in [0.15, 0.2) is 0 Å². The van der Waals surface area contributed by atoms with Crippen molar-refractivity contribution in [3.8, 4) is 0 Å². The van der Waals surface area contributed by atoms with Gasteiger partial charge in [0, 0.05) is 9.30 Å². The summed E-state index contributed by atoms with van der Waals surface area (Å²) < 4.78 is 14.8. The van der Waals surface area contributed by atoms with Gasteiger partial charge in [-0.15, -0.1) is 0 Å². The lowest BCUT2D eigenvalue weighted by molar-refractivity contribution is 0.547. The monoisotopic (exact) mass is 348 g/mol. The van der Waals surface area contributed by atoms with E-state index in [2.05, 4.69) is 31.9 Å². The van der Waals surface area contributed by atoms with E-state index in [9.17, 15) is 4.39 Å². The lowest BCUT2D eigenvalue weighted by Gasteiger charge is -2.21. The largest absolute Gasteiger partial charge is 0.207 e. The summed E-state index contributed by atoms with van der Waals surface area (Å²) in [6.07, 6.45) is 5.97. The minimum Gasteiger partial charge on any atom is -0.207 e. The van der Waals surface area contributed by atoms with Crippen LogP contribution in [0.5, 0.6) is 0 Å². The van der Waals surface area contributed by atoms with Crippen molar-refractivity contribution in [3.05, 3.63) is 34.1 Å². The Morgan fingerprint density at radius 1 is 1.12 bits per heavy atom. The SMILES string of the molecule is Fc1ccc(Br)cc1C1CCCCCC1Br. The summed E-state index contributed by atoms with van der Waals surface area (Å²) in [6, 6.07) is 5.25. The molecule has 16 heavy (non-hydrogen) atoms. The van der Waals surface area contributed by atoms with Crippen LogP contribution in [0.2, 0.25) is 0 Å². The van der Waals surface area contributed by atoms with Crippen LogP contribution in [-0.2, 0) is 0 Å². The van der Waals surface area contributed by atoms with E-state index in [1.165, 1.54) is 19.3 Å². The third-order valence-corrected chi connectivity index (χ3v) is 4.88. The molecule has 0 radical (unpaired) electrons. The number of rotatable bonds is 1. The number of benzene rings is 1. The first-order valence-electron chi connectivity index (χ1n) is 5.77. The third kappa shape index (κ3) is 2.86. The van der Waals surface area contributed by atoms with Crippen molar-refractivity contribution in [3.63, 3.8) is 0 Å². The molecule has 1 aliphatic carbocycles. The molecule has 88 valence electrons. The maximum absolute atomic E-state index is 13.8. The summed E-state index contributed by atoms with van der Waals surface area (Å²) in [5.74, 6) is 0.250. The van der Waals surface area contributed by atoms with E-state index >= 15 is 0 Å². The quantitative estimate of drug-likeness (QED) is 0.470. The van der Waals surface area contributed by atoms with Crippen LogP contribution in [0, 0.1) is 5.82 Å². The molecule has 0 bridgehead atoms. The smallest absolute Gasteiger partial charge is 0.126 e. The molecule has 1 aliphatic rings. The zero-order valence-electron chi connectivity index (χ0n) is 9.06. The molecule has 1 fully saturated rings. The Bertz CT molecular complexity index is 365. The highest BCUT2D eigenvalue weighted by atomic mass is 79.9. The molecular formula is C13H15Br2F. The van der Waals surface area contributed by atoms with Gasteiger partial charge in [-0.05, 0) is 42.5 Å². The summed E-state index contributed by atoms with van der Waals surface area (Å²) in [7, 11) is 0. The zero-order valence-corrected chi connectivity index (χ0v) is 12.2. The molecule has 2 unspecified atom stereocenters. The maximum atomic E-state index is 13.8. The molecule has 1 saturated carbocycles. The first-order chi connectivity index (χ1) is 7.68. The van der Waals surface area contributed by atoms with Crippen LogP contribution >= 0.6 is 31.9 Å². The average Bonchev–Trinajstić information content (AvgIpc) is 2.47. The third-order valence-electron chi connectivity index (χ3n) is 3.29. The number of hydrogen-bond donors (Lipinski definition) is 0. The van der Waals surface area contributed by atoms with E-state index in [4.69, 9.17) is 0 Å². The van der Waals surface area contributed by atoms with Crippen molar-refractivity contribution in [2.45, 2.75) is 42.8 Å². The minimum absolute atomic E-state index is 0.0699.